The average Bonchev–Trinajstić information content (AvgIpc) is 2.72. The summed E-state index contributed by atoms with van der Waals surface area (Å²) in [5.41, 5.74) is 1.06. The number of benzene rings is 2. The molecule has 8 nitrogen and oxygen atoms in total. The Morgan fingerprint density at radius 2 is 1.97 bits per heavy atom. The van der Waals surface area contributed by atoms with E-state index >= 15 is 0 Å². The maximum atomic E-state index is 12.1. The zero-order valence-electron chi connectivity index (χ0n) is 15.2. The molecule has 148 valence electrons. The number of carbonyl (C=O) groups excluding carboxylic acids is 3. The molecular formula is C20H17N3O5S. The zero-order valence-corrected chi connectivity index (χ0v) is 16.0. The summed E-state index contributed by atoms with van der Waals surface area (Å²) in [6, 6.07) is 15.9. The van der Waals surface area contributed by atoms with Gasteiger partial charge in [-0.15, -0.1) is 11.8 Å². The normalized spacial score (nSPS) is 14.6. The second-order valence-electron chi connectivity index (χ2n) is 5.95. The standard InChI is InChI=1S/C20H17N3O5S/c21-9-10-29-17-8-4-2-6-14(17)22-18(24)12-27-19(25)11-16-20(26)23-13-5-1-3-7-15(13)28-16/h1-8,16H,10-12H2,(H,22,24)(H,23,26). The lowest BCUT2D eigenvalue weighted by molar-refractivity contribution is -0.150. The van der Waals surface area contributed by atoms with Crippen LogP contribution in [0.15, 0.2) is 53.4 Å². The number of thioether (sulfide) groups is 1. The molecular weight excluding hydrogens is 394 g/mol. The fourth-order valence-corrected chi connectivity index (χ4v) is 3.24. The van der Waals surface area contributed by atoms with Gasteiger partial charge >= 0.3 is 5.97 Å². The van der Waals surface area contributed by atoms with Crippen LogP contribution in [0.5, 0.6) is 5.75 Å². The molecule has 1 atom stereocenters. The summed E-state index contributed by atoms with van der Waals surface area (Å²) in [7, 11) is 0. The quantitative estimate of drug-likeness (QED) is 0.531. The number of hydrogen-bond donors (Lipinski definition) is 2. The Kier molecular flexibility index (Phi) is 6.71. The summed E-state index contributed by atoms with van der Waals surface area (Å²) in [5, 5.41) is 14.0. The Balaban J connectivity index is 1.49. The lowest BCUT2D eigenvalue weighted by Crippen LogP contribution is -2.39. The minimum absolute atomic E-state index is 0.244. The van der Waals surface area contributed by atoms with Gasteiger partial charge in [-0.2, -0.15) is 5.26 Å². The first-order valence-corrected chi connectivity index (χ1v) is 9.66. The molecule has 2 aromatic rings. The minimum atomic E-state index is -1.02. The predicted molar refractivity (Wildman–Crippen MR) is 106 cm³/mol. The van der Waals surface area contributed by atoms with E-state index in [1.807, 2.05) is 6.07 Å². The van der Waals surface area contributed by atoms with E-state index < -0.39 is 30.5 Å². The molecule has 2 N–H and O–H groups in total. The summed E-state index contributed by atoms with van der Waals surface area (Å²) in [6.45, 7) is -0.499. The predicted octanol–water partition coefficient (Wildman–Crippen LogP) is 2.57. The van der Waals surface area contributed by atoms with Crippen molar-refractivity contribution < 1.29 is 23.9 Å². The summed E-state index contributed by atoms with van der Waals surface area (Å²) < 4.78 is 10.5. The molecule has 1 aliphatic rings. The van der Waals surface area contributed by atoms with Crippen LogP contribution in [0.3, 0.4) is 0 Å². The highest BCUT2D eigenvalue weighted by Gasteiger charge is 2.30. The van der Waals surface area contributed by atoms with Crippen LogP contribution in [0.1, 0.15) is 6.42 Å². The number of rotatable bonds is 7. The summed E-state index contributed by atoms with van der Waals surface area (Å²) >= 11 is 1.29. The van der Waals surface area contributed by atoms with Crippen molar-refractivity contribution in [2.24, 2.45) is 0 Å². The van der Waals surface area contributed by atoms with Crippen molar-refractivity contribution in [2.75, 3.05) is 23.0 Å². The number of nitrogens with zero attached hydrogens (tertiary/aromatic N) is 1. The number of esters is 1. The van der Waals surface area contributed by atoms with E-state index in [1.54, 1.807) is 48.5 Å². The molecule has 1 unspecified atom stereocenters. The smallest absolute Gasteiger partial charge is 0.310 e. The Morgan fingerprint density at radius 1 is 1.21 bits per heavy atom. The third-order valence-corrected chi connectivity index (χ3v) is 4.82. The minimum Gasteiger partial charge on any atom is -0.478 e. The van der Waals surface area contributed by atoms with Crippen LogP contribution in [-0.4, -0.2) is 36.2 Å². The number of ether oxygens (including phenoxy) is 2. The van der Waals surface area contributed by atoms with Crippen LogP contribution in [0.25, 0.3) is 0 Å². The Bertz CT molecular complexity index is 973. The molecule has 1 heterocycles. The van der Waals surface area contributed by atoms with E-state index in [1.165, 1.54) is 11.8 Å². The van der Waals surface area contributed by atoms with E-state index in [2.05, 4.69) is 10.6 Å². The largest absolute Gasteiger partial charge is 0.478 e. The maximum absolute atomic E-state index is 12.1. The molecule has 3 rings (SSSR count). The van der Waals surface area contributed by atoms with Crippen LogP contribution in [0, 0.1) is 11.3 Å². The number of nitriles is 1. The number of anilines is 2. The number of nitrogens with one attached hydrogen (secondary N) is 2. The van der Waals surface area contributed by atoms with Crippen LogP contribution < -0.4 is 15.4 Å². The van der Waals surface area contributed by atoms with Crippen molar-refractivity contribution in [1.82, 2.24) is 0 Å². The number of para-hydroxylation sites is 3. The van der Waals surface area contributed by atoms with Gasteiger partial charge in [0.05, 0.1) is 29.6 Å². The lowest BCUT2D eigenvalue weighted by Gasteiger charge is -2.25. The number of amides is 2. The van der Waals surface area contributed by atoms with Crippen molar-refractivity contribution in [3.05, 3.63) is 48.5 Å². The average molecular weight is 411 g/mol. The van der Waals surface area contributed by atoms with Gasteiger partial charge in [-0.1, -0.05) is 24.3 Å². The van der Waals surface area contributed by atoms with E-state index in [0.717, 1.165) is 4.90 Å². The highest BCUT2D eigenvalue weighted by atomic mass is 32.2. The van der Waals surface area contributed by atoms with Crippen molar-refractivity contribution in [3.8, 4) is 11.8 Å². The number of hydrogen-bond acceptors (Lipinski definition) is 7. The van der Waals surface area contributed by atoms with Gasteiger partial charge in [0.25, 0.3) is 11.8 Å². The summed E-state index contributed by atoms with van der Waals surface area (Å²) in [6.07, 6.45) is -1.34. The Morgan fingerprint density at radius 3 is 2.79 bits per heavy atom. The SMILES string of the molecule is N#CCSc1ccccc1NC(=O)COC(=O)CC1Oc2ccccc2NC1=O. The van der Waals surface area contributed by atoms with Crippen LogP contribution >= 0.6 is 11.8 Å². The molecule has 0 saturated heterocycles. The van der Waals surface area contributed by atoms with Gasteiger partial charge in [-0.3, -0.25) is 14.4 Å². The molecule has 1 aliphatic heterocycles. The fourth-order valence-electron chi connectivity index (χ4n) is 2.58. The Labute approximate surface area is 171 Å². The number of fused-ring (bicyclic) bond motifs is 1. The van der Waals surface area contributed by atoms with Crippen LogP contribution in [-0.2, 0) is 19.1 Å². The third kappa shape index (κ3) is 5.49. The van der Waals surface area contributed by atoms with Crippen molar-refractivity contribution in [2.45, 2.75) is 17.4 Å². The van der Waals surface area contributed by atoms with Gasteiger partial charge in [-0.05, 0) is 24.3 Å². The zero-order chi connectivity index (χ0) is 20.6. The lowest BCUT2D eigenvalue weighted by atomic mass is 10.1. The van der Waals surface area contributed by atoms with Gasteiger partial charge in [-0.25, -0.2) is 0 Å². The van der Waals surface area contributed by atoms with Gasteiger partial charge in [0.2, 0.25) is 0 Å². The molecule has 0 bridgehead atoms. The third-order valence-electron chi connectivity index (χ3n) is 3.88. The fraction of sp³-hybridized carbons (Fsp3) is 0.200. The first kappa shape index (κ1) is 20.2. The van der Waals surface area contributed by atoms with E-state index in [-0.39, 0.29) is 12.2 Å². The molecule has 29 heavy (non-hydrogen) atoms. The molecule has 9 heteroatoms. The second-order valence-corrected chi connectivity index (χ2v) is 6.97. The monoisotopic (exact) mass is 411 g/mol. The van der Waals surface area contributed by atoms with Crippen molar-refractivity contribution in [1.29, 1.82) is 5.26 Å². The number of carbonyl (C=O) groups is 3. The maximum Gasteiger partial charge on any atom is 0.310 e. The van der Waals surface area contributed by atoms with E-state index in [4.69, 9.17) is 14.7 Å². The topological polar surface area (TPSA) is 118 Å². The highest BCUT2D eigenvalue weighted by Crippen LogP contribution is 2.29. The van der Waals surface area contributed by atoms with E-state index in [9.17, 15) is 14.4 Å². The molecule has 0 aliphatic carbocycles. The second kappa shape index (κ2) is 9.61. The Hall–Kier alpha value is -3.51. The summed E-state index contributed by atoms with van der Waals surface area (Å²) in [5.74, 6) is -0.994. The molecule has 0 spiro atoms. The summed E-state index contributed by atoms with van der Waals surface area (Å²) in [4.78, 5) is 36.9. The van der Waals surface area contributed by atoms with Gasteiger partial charge in [0.1, 0.15) is 5.75 Å². The molecule has 0 fully saturated rings. The van der Waals surface area contributed by atoms with Gasteiger partial charge in [0.15, 0.2) is 12.7 Å². The first-order chi connectivity index (χ1) is 14.1. The molecule has 2 amide bonds. The molecule has 0 aromatic heterocycles. The van der Waals surface area contributed by atoms with Gasteiger partial charge in [0, 0.05) is 4.90 Å². The van der Waals surface area contributed by atoms with Gasteiger partial charge < -0.3 is 20.1 Å². The van der Waals surface area contributed by atoms with Crippen LogP contribution in [0.2, 0.25) is 0 Å². The van der Waals surface area contributed by atoms with Crippen molar-refractivity contribution in [3.63, 3.8) is 0 Å². The highest BCUT2D eigenvalue weighted by molar-refractivity contribution is 7.99. The van der Waals surface area contributed by atoms with Crippen LogP contribution in [0.4, 0.5) is 11.4 Å². The molecule has 2 aromatic carbocycles. The first-order valence-electron chi connectivity index (χ1n) is 8.67. The van der Waals surface area contributed by atoms with Crippen molar-refractivity contribution >= 4 is 40.9 Å². The molecule has 0 saturated carbocycles. The molecule has 0 radical (unpaired) electrons. The van der Waals surface area contributed by atoms with E-state index in [0.29, 0.717) is 17.1 Å².